The number of hydrogen-bond donors (Lipinski definition) is 0. The second-order valence-corrected chi connectivity index (χ2v) is 3.64. The van der Waals surface area contributed by atoms with E-state index in [9.17, 15) is 4.79 Å². The highest BCUT2D eigenvalue weighted by Gasteiger charge is 2.30. The second kappa shape index (κ2) is 5.10. The molecule has 3 heteroatoms. The van der Waals surface area contributed by atoms with Crippen molar-refractivity contribution in [3.05, 3.63) is 11.3 Å². The van der Waals surface area contributed by atoms with Crippen LogP contribution in [0.25, 0.3) is 0 Å². The average Bonchev–Trinajstić information content (AvgIpc) is 2.54. The van der Waals surface area contributed by atoms with Gasteiger partial charge in [0.15, 0.2) is 0 Å². The van der Waals surface area contributed by atoms with Gasteiger partial charge in [-0.05, 0) is 32.3 Å². The Labute approximate surface area is 91.2 Å². The molecule has 0 unspecified atom stereocenters. The highest BCUT2D eigenvalue weighted by Crippen LogP contribution is 2.30. The maximum absolute atomic E-state index is 11.6. The molecule has 0 aromatic rings. The highest BCUT2D eigenvalue weighted by atomic mass is 16.5. The summed E-state index contributed by atoms with van der Waals surface area (Å²) in [6.45, 7) is 8.37. The van der Waals surface area contributed by atoms with E-state index < -0.39 is 0 Å². The van der Waals surface area contributed by atoms with Gasteiger partial charge < -0.3 is 4.74 Å². The molecule has 1 aliphatic rings. The molecule has 0 saturated carbocycles. The Hall–Kier alpha value is -1.12. The number of aliphatic imine (C=N–C) groups is 1. The zero-order chi connectivity index (χ0) is 11.4. The number of carbonyl (C=O) groups excluding carboxylic acids is 1. The topological polar surface area (TPSA) is 38.7 Å². The number of rotatable bonds is 4. The zero-order valence-corrected chi connectivity index (χ0v) is 9.96. The number of nitrogens with zero attached hydrogens (tertiary/aromatic N) is 1. The van der Waals surface area contributed by atoms with Crippen LogP contribution in [0.3, 0.4) is 0 Å². The van der Waals surface area contributed by atoms with Crippen LogP contribution in [0.5, 0.6) is 0 Å². The molecule has 0 fully saturated rings. The third kappa shape index (κ3) is 2.28. The van der Waals surface area contributed by atoms with Gasteiger partial charge in [-0.25, -0.2) is 9.79 Å². The summed E-state index contributed by atoms with van der Waals surface area (Å²) in [5.74, 6) is -0.0822. The summed E-state index contributed by atoms with van der Waals surface area (Å²) in [7, 11) is 0. The quantitative estimate of drug-likeness (QED) is 0.668. The molecule has 3 nitrogen and oxygen atoms in total. The van der Waals surface area contributed by atoms with Gasteiger partial charge in [-0.1, -0.05) is 13.8 Å². The number of hydrogen-bond acceptors (Lipinski definition) is 3. The van der Waals surface area contributed by atoms with Crippen molar-refractivity contribution in [1.82, 2.24) is 0 Å². The minimum absolute atomic E-state index is 0.175. The van der Waals surface area contributed by atoms with Crippen molar-refractivity contribution in [3.63, 3.8) is 0 Å². The Kier molecular flexibility index (Phi) is 4.06. The fourth-order valence-electron chi connectivity index (χ4n) is 2.08. The molecule has 0 N–H and O–H groups in total. The first-order valence-electron chi connectivity index (χ1n) is 5.60. The van der Waals surface area contributed by atoms with Crippen LogP contribution in [-0.4, -0.2) is 18.3 Å². The molecule has 1 aliphatic heterocycles. The zero-order valence-electron chi connectivity index (χ0n) is 9.96. The minimum Gasteiger partial charge on any atom is -0.461 e. The lowest BCUT2D eigenvalue weighted by molar-refractivity contribution is -0.135. The van der Waals surface area contributed by atoms with Crippen LogP contribution in [0.4, 0.5) is 0 Å². The average molecular weight is 209 g/mol. The lowest BCUT2D eigenvalue weighted by Crippen LogP contribution is -2.24. The molecule has 0 aliphatic carbocycles. The lowest BCUT2D eigenvalue weighted by Gasteiger charge is -2.13. The Morgan fingerprint density at radius 1 is 1.40 bits per heavy atom. The second-order valence-electron chi connectivity index (χ2n) is 3.64. The monoisotopic (exact) mass is 209 g/mol. The summed E-state index contributed by atoms with van der Waals surface area (Å²) in [6, 6.07) is 0. The number of ether oxygens (including phenoxy) is 1. The van der Waals surface area contributed by atoms with E-state index in [2.05, 4.69) is 18.8 Å². The van der Waals surface area contributed by atoms with Crippen LogP contribution in [0.2, 0.25) is 0 Å². The van der Waals surface area contributed by atoms with E-state index in [0.29, 0.717) is 12.3 Å². The molecule has 0 amide bonds. The van der Waals surface area contributed by atoms with E-state index in [4.69, 9.17) is 4.74 Å². The van der Waals surface area contributed by atoms with Crippen LogP contribution in [0, 0.1) is 5.92 Å². The van der Waals surface area contributed by atoms with E-state index in [1.165, 1.54) is 5.57 Å². The Morgan fingerprint density at radius 3 is 2.53 bits per heavy atom. The SMILES string of the molecule is CCOC(=O)C1=NC(C)=C(CC)[C@@H]1CC. The fourth-order valence-corrected chi connectivity index (χ4v) is 2.08. The van der Waals surface area contributed by atoms with Crippen molar-refractivity contribution in [2.24, 2.45) is 10.9 Å². The molecule has 0 aromatic heterocycles. The van der Waals surface area contributed by atoms with Gasteiger partial charge in [0.2, 0.25) is 0 Å². The maximum atomic E-state index is 11.6. The van der Waals surface area contributed by atoms with E-state index >= 15 is 0 Å². The Balaban J connectivity index is 2.87. The van der Waals surface area contributed by atoms with Crippen molar-refractivity contribution in [3.8, 4) is 0 Å². The summed E-state index contributed by atoms with van der Waals surface area (Å²) in [4.78, 5) is 16.0. The van der Waals surface area contributed by atoms with Gasteiger partial charge in [0.05, 0.1) is 6.61 Å². The Bertz CT molecular complexity index is 316. The summed E-state index contributed by atoms with van der Waals surface area (Å²) in [5.41, 5.74) is 2.86. The number of allylic oxidation sites excluding steroid dienone is 2. The molecule has 0 saturated heterocycles. The predicted molar refractivity (Wildman–Crippen MR) is 60.8 cm³/mol. The van der Waals surface area contributed by atoms with Crippen molar-refractivity contribution in [1.29, 1.82) is 0 Å². The maximum Gasteiger partial charge on any atom is 0.353 e. The summed E-state index contributed by atoms with van der Waals surface area (Å²) >= 11 is 0. The molecule has 0 spiro atoms. The predicted octanol–water partition coefficient (Wildman–Crippen LogP) is 2.71. The van der Waals surface area contributed by atoms with Crippen molar-refractivity contribution >= 4 is 11.7 Å². The molecular weight excluding hydrogens is 190 g/mol. The normalized spacial score (nSPS) is 20.5. The summed E-state index contributed by atoms with van der Waals surface area (Å²) in [6.07, 6.45) is 1.87. The van der Waals surface area contributed by atoms with Gasteiger partial charge in [0.1, 0.15) is 5.71 Å². The van der Waals surface area contributed by atoms with Crippen molar-refractivity contribution in [2.75, 3.05) is 6.61 Å². The standard InChI is InChI=1S/C12H19NO2/c1-5-9-8(4)13-11(10(9)6-2)12(14)15-7-3/h10H,5-7H2,1-4H3/t10-/m0/s1. The molecule has 0 aromatic carbocycles. The van der Waals surface area contributed by atoms with Crippen LogP contribution < -0.4 is 0 Å². The van der Waals surface area contributed by atoms with Gasteiger partial charge in [-0.3, -0.25) is 0 Å². The fraction of sp³-hybridized carbons (Fsp3) is 0.667. The van der Waals surface area contributed by atoms with Crippen LogP contribution in [0.15, 0.2) is 16.3 Å². The number of carbonyl (C=O) groups is 1. The first kappa shape index (κ1) is 12.0. The molecular formula is C12H19NO2. The third-order valence-corrected chi connectivity index (χ3v) is 2.78. The van der Waals surface area contributed by atoms with E-state index in [0.717, 1.165) is 18.5 Å². The van der Waals surface area contributed by atoms with Crippen LogP contribution in [0.1, 0.15) is 40.5 Å². The first-order chi connectivity index (χ1) is 7.15. The van der Waals surface area contributed by atoms with Crippen LogP contribution >= 0.6 is 0 Å². The highest BCUT2D eigenvalue weighted by molar-refractivity contribution is 6.38. The summed E-state index contributed by atoms with van der Waals surface area (Å²) < 4.78 is 5.00. The van der Waals surface area contributed by atoms with Crippen molar-refractivity contribution < 1.29 is 9.53 Å². The molecule has 84 valence electrons. The van der Waals surface area contributed by atoms with Gasteiger partial charge in [-0.15, -0.1) is 0 Å². The van der Waals surface area contributed by atoms with Gasteiger partial charge >= 0.3 is 5.97 Å². The molecule has 15 heavy (non-hydrogen) atoms. The van der Waals surface area contributed by atoms with Crippen molar-refractivity contribution in [2.45, 2.75) is 40.5 Å². The van der Waals surface area contributed by atoms with Gasteiger partial charge in [0, 0.05) is 11.6 Å². The third-order valence-electron chi connectivity index (χ3n) is 2.78. The first-order valence-corrected chi connectivity index (χ1v) is 5.60. The molecule has 1 heterocycles. The molecule has 0 radical (unpaired) electrons. The molecule has 1 atom stereocenters. The molecule has 1 rings (SSSR count). The number of esters is 1. The summed E-state index contributed by atoms with van der Waals surface area (Å²) in [5, 5.41) is 0. The Morgan fingerprint density at radius 2 is 2.07 bits per heavy atom. The van der Waals surface area contributed by atoms with E-state index in [1.54, 1.807) is 0 Å². The lowest BCUT2D eigenvalue weighted by atomic mass is 9.91. The molecule has 0 bridgehead atoms. The van der Waals surface area contributed by atoms with E-state index in [-0.39, 0.29) is 11.9 Å². The minimum atomic E-state index is -0.257. The van der Waals surface area contributed by atoms with Crippen LogP contribution in [-0.2, 0) is 9.53 Å². The van der Waals surface area contributed by atoms with Gasteiger partial charge in [0.25, 0.3) is 0 Å². The largest absolute Gasteiger partial charge is 0.461 e. The van der Waals surface area contributed by atoms with Gasteiger partial charge in [-0.2, -0.15) is 0 Å². The smallest absolute Gasteiger partial charge is 0.353 e. The van der Waals surface area contributed by atoms with E-state index in [1.807, 2.05) is 13.8 Å².